The molecule has 1 aromatic heterocycles. The summed E-state index contributed by atoms with van der Waals surface area (Å²) in [6.07, 6.45) is 1.67. The van der Waals surface area contributed by atoms with Crippen LogP contribution in [0.5, 0.6) is 11.5 Å². The van der Waals surface area contributed by atoms with Crippen LogP contribution >= 0.6 is 35.0 Å². The monoisotopic (exact) mass is 531 g/mol. The van der Waals surface area contributed by atoms with Crippen molar-refractivity contribution in [3.8, 4) is 11.5 Å². The zero-order valence-corrected chi connectivity index (χ0v) is 21.4. The third-order valence-corrected chi connectivity index (χ3v) is 7.63. The van der Waals surface area contributed by atoms with E-state index in [1.54, 1.807) is 43.5 Å². The highest BCUT2D eigenvalue weighted by Crippen LogP contribution is 2.44. The summed E-state index contributed by atoms with van der Waals surface area (Å²) < 4.78 is 10.8. The molecule has 2 aromatic carbocycles. The summed E-state index contributed by atoms with van der Waals surface area (Å²) in [7, 11) is 3.11. The topological polar surface area (TPSA) is 80.8 Å². The average Bonchev–Trinajstić information content (AvgIpc) is 3.34. The SMILES string of the molecule is COc1ccc(C2SCC(C(=O)NCc3ccccn3)N2C(=O)c2ccc(Cl)c(Cl)c2)cc1OC. The lowest BCUT2D eigenvalue weighted by molar-refractivity contribution is -0.125. The van der Waals surface area contributed by atoms with Gasteiger partial charge in [-0.2, -0.15) is 0 Å². The molecule has 2 atom stereocenters. The van der Waals surface area contributed by atoms with Gasteiger partial charge in [-0.15, -0.1) is 11.8 Å². The van der Waals surface area contributed by atoms with Crippen molar-refractivity contribution in [2.75, 3.05) is 20.0 Å². The van der Waals surface area contributed by atoms with Crippen molar-refractivity contribution >= 4 is 46.8 Å². The molecule has 2 amide bonds. The smallest absolute Gasteiger partial charge is 0.255 e. The summed E-state index contributed by atoms with van der Waals surface area (Å²) in [6.45, 7) is 0.261. The molecule has 2 heterocycles. The van der Waals surface area contributed by atoms with Gasteiger partial charge in [0.05, 0.1) is 36.5 Å². The number of thioether (sulfide) groups is 1. The molecule has 0 radical (unpaired) electrons. The van der Waals surface area contributed by atoms with Crippen molar-refractivity contribution in [3.63, 3.8) is 0 Å². The standard InChI is InChI=1S/C25H23Cl2N3O4S/c1-33-21-9-7-16(12-22(21)34-2)25-30(24(32)15-6-8-18(26)19(27)11-15)20(14-35-25)23(31)29-13-17-5-3-4-10-28-17/h3-12,20,25H,13-14H2,1-2H3,(H,29,31). The van der Waals surface area contributed by atoms with Gasteiger partial charge in [-0.3, -0.25) is 14.6 Å². The van der Waals surface area contributed by atoms with Crippen molar-refractivity contribution in [1.82, 2.24) is 15.2 Å². The van der Waals surface area contributed by atoms with Gasteiger partial charge in [-0.1, -0.05) is 35.3 Å². The Balaban J connectivity index is 1.66. The molecule has 0 bridgehead atoms. The highest BCUT2D eigenvalue weighted by Gasteiger charge is 2.43. The molecule has 7 nitrogen and oxygen atoms in total. The minimum Gasteiger partial charge on any atom is -0.493 e. The first kappa shape index (κ1) is 25.2. The maximum absolute atomic E-state index is 13.7. The predicted molar refractivity (Wildman–Crippen MR) is 137 cm³/mol. The predicted octanol–water partition coefficient (Wildman–Crippen LogP) is 4.98. The van der Waals surface area contributed by atoms with Crippen LogP contribution in [0.1, 0.15) is 27.0 Å². The van der Waals surface area contributed by atoms with E-state index in [-0.39, 0.29) is 23.4 Å². The second-order valence-electron chi connectivity index (χ2n) is 7.70. The third-order valence-electron chi connectivity index (χ3n) is 5.57. The number of benzene rings is 2. The molecule has 182 valence electrons. The molecule has 1 fully saturated rings. The number of aromatic nitrogens is 1. The van der Waals surface area contributed by atoms with Gasteiger partial charge in [0, 0.05) is 17.5 Å². The number of hydrogen-bond donors (Lipinski definition) is 1. The Kier molecular flexibility index (Phi) is 8.05. The van der Waals surface area contributed by atoms with Gasteiger partial charge in [0.15, 0.2) is 11.5 Å². The van der Waals surface area contributed by atoms with Crippen molar-refractivity contribution < 1.29 is 19.1 Å². The fourth-order valence-corrected chi connectivity index (χ4v) is 5.51. The van der Waals surface area contributed by atoms with E-state index in [9.17, 15) is 9.59 Å². The fourth-order valence-electron chi connectivity index (χ4n) is 3.80. The molecular formula is C25H23Cl2N3O4S. The van der Waals surface area contributed by atoms with Crippen LogP contribution in [0.3, 0.4) is 0 Å². The Morgan fingerprint density at radius 2 is 1.86 bits per heavy atom. The summed E-state index contributed by atoms with van der Waals surface area (Å²) in [5, 5.41) is 3.10. The molecule has 0 spiro atoms. The van der Waals surface area contributed by atoms with Crippen molar-refractivity contribution in [2.45, 2.75) is 18.0 Å². The molecule has 3 aromatic rings. The largest absolute Gasteiger partial charge is 0.493 e. The normalized spacial score (nSPS) is 17.2. The first-order chi connectivity index (χ1) is 16.9. The van der Waals surface area contributed by atoms with Gasteiger partial charge < -0.3 is 19.7 Å². The second-order valence-corrected chi connectivity index (χ2v) is 9.62. The van der Waals surface area contributed by atoms with E-state index in [2.05, 4.69) is 10.3 Å². The summed E-state index contributed by atoms with van der Waals surface area (Å²) in [5.41, 5.74) is 1.88. The first-order valence-corrected chi connectivity index (χ1v) is 12.5. The second kappa shape index (κ2) is 11.2. The summed E-state index contributed by atoms with van der Waals surface area (Å²) in [4.78, 5) is 32.8. The lowest BCUT2D eigenvalue weighted by atomic mass is 10.1. The van der Waals surface area contributed by atoms with Gasteiger partial charge in [0.1, 0.15) is 11.4 Å². The lowest BCUT2D eigenvalue weighted by Gasteiger charge is -2.29. The van der Waals surface area contributed by atoms with Crippen LogP contribution in [0.15, 0.2) is 60.8 Å². The maximum atomic E-state index is 13.7. The minimum absolute atomic E-state index is 0.261. The number of nitrogens with one attached hydrogen (secondary N) is 1. The third kappa shape index (κ3) is 5.50. The van der Waals surface area contributed by atoms with Crippen molar-refractivity contribution in [3.05, 3.63) is 87.7 Å². The highest BCUT2D eigenvalue weighted by atomic mass is 35.5. The minimum atomic E-state index is -0.705. The maximum Gasteiger partial charge on any atom is 0.255 e. The van der Waals surface area contributed by atoms with Crippen LogP contribution in [-0.4, -0.2) is 47.7 Å². The Hall–Kier alpha value is -2.94. The van der Waals surface area contributed by atoms with E-state index in [1.165, 1.54) is 17.8 Å². The molecule has 0 aliphatic carbocycles. The number of amides is 2. The van der Waals surface area contributed by atoms with Crippen LogP contribution in [0.25, 0.3) is 0 Å². The van der Waals surface area contributed by atoms with E-state index in [4.69, 9.17) is 32.7 Å². The fraction of sp³-hybridized carbons (Fsp3) is 0.240. The van der Waals surface area contributed by atoms with Gasteiger partial charge in [0.2, 0.25) is 5.91 Å². The van der Waals surface area contributed by atoms with E-state index in [0.29, 0.717) is 27.8 Å². The molecule has 1 N–H and O–H groups in total. The highest BCUT2D eigenvalue weighted by molar-refractivity contribution is 7.99. The number of pyridine rings is 1. The van der Waals surface area contributed by atoms with Gasteiger partial charge in [-0.05, 0) is 48.0 Å². The number of carbonyl (C=O) groups excluding carboxylic acids is 2. The van der Waals surface area contributed by atoms with Crippen molar-refractivity contribution in [2.24, 2.45) is 0 Å². The zero-order chi connectivity index (χ0) is 24.9. The van der Waals surface area contributed by atoms with E-state index in [0.717, 1.165) is 11.3 Å². The van der Waals surface area contributed by atoms with Gasteiger partial charge in [0.25, 0.3) is 5.91 Å². The number of halogens is 2. The summed E-state index contributed by atoms with van der Waals surface area (Å²) in [6, 6.07) is 14.9. The lowest BCUT2D eigenvalue weighted by Crippen LogP contribution is -2.47. The first-order valence-electron chi connectivity index (χ1n) is 10.7. The van der Waals surface area contributed by atoms with E-state index < -0.39 is 11.4 Å². The molecule has 0 saturated carbocycles. The van der Waals surface area contributed by atoms with Crippen LogP contribution in [0.4, 0.5) is 0 Å². The van der Waals surface area contributed by atoms with Gasteiger partial charge >= 0.3 is 0 Å². The Morgan fingerprint density at radius 1 is 1.06 bits per heavy atom. The van der Waals surface area contributed by atoms with Crippen LogP contribution in [-0.2, 0) is 11.3 Å². The molecule has 1 aliphatic rings. The quantitative estimate of drug-likeness (QED) is 0.463. The molecule has 35 heavy (non-hydrogen) atoms. The molecular weight excluding hydrogens is 509 g/mol. The Morgan fingerprint density at radius 3 is 2.54 bits per heavy atom. The van der Waals surface area contributed by atoms with Crippen LogP contribution < -0.4 is 14.8 Å². The number of methoxy groups -OCH3 is 2. The molecule has 1 saturated heterocycles. The number of carbonyl (C=O) groups is 2. The molecule has 4 rings (SSSR count). The van der Waals surface area contributed by atoms with E-state index >= 15 is 0 Å². The molecule has 2 unspecified atom stereocenters. The van der Waals surface area contributed by atoms with E-state index in [1.807, 2.05) is 30.3 Å². The zero-order valence-electron chi connectivity index (χ0n) is 19.0. The van der Waals surface area contributed by atoms with Gasteiger partial charge in [-0.25, -0.2) is 0 Å². The van der Waals surface area contributed by atoms with Crippen molar-refractivity contribution in [1.29, 1.82) is 0 Å². The summed E-state index contributed by atoms with van der Waals surface area (Å²) >= 11 is 13.7. The average molecular weight is 532 g/mol. The summed E-state index contributed by atoms with van der Waals surface area (Å²) in [5.74, 6) is 0.938. The van der Waals surface area contributed by atoms with Crippen LogP contribution in [0.2, 0.25) is 10.0 Å². The number of nitrogens with zero attached hydrogens (tertiary/aromatic N) is 2. The molecule has 1 aliphatic heterocycles. The number of rotatable bonds is 7. The molecule has 10 heteroatoms. The number of hydrogen-bond acceptors (Lipinski definition) is 6. The Bertz CT molecular complexity index is 1230. The van der Waals surface area contributed by atoms with Crippen LogP contribution in [0, 0.1) is 0 Å². The Labute approximate surface area is 217 Å². The number of ether oxygens (including phenoxy) is 2.